The lowest BCUT2D eigenvalue weighted by molar-refractivity contribution is 0.596. The van der Waals surface area contributed by atoms with Crippen LogP contribution in [0.4, 0.5) is 0 Å². The molecule has 2 nitrogen and oxygen atoms in total. The third-order valence-corrected chi connectivity index (χ3v) is 8.16. The summed E-state index contributed by atoms with van der Waals surface area (Å²) < 4.78 is 7.71. The molecule has 3 heteroatoms. The lowest BCUT2D eigenvalue weighted by atomic mass is 9.82. The van der Waals surface area contributed by atoms with Crippen LogP contribution in [-0.2, 0) is 11.8 Å². The molecule has 176 valence electrons. The fourth-order valence-electron chi connectivity index (χ4n) is 5.43. The van der Waals surface area contributed by atoms with Gasteiger partial charge < -0.3 is 4.42 Å². The Kier molecular flexibility index (Phi) is 5.05. The Balaban J connectivity index is 1.67. The summed E-state index contributed by atoms with van der Waals surface area (Å²) in [6, 6.07) is 19.9. The van der Waals surface area contributed by atoms with Crippen molar-refractivity contribution in [1.29, 1.82) is 0 Å². The Morgan fingerprint density at radius 3 is 2.49 bits per heavy atom. The minimum absolute atomic E-state index is 0.0219. The van der Waals surface area contributed by atoms with E-state index in [0.29, 0.717) is 5.92 Å². The van der Waals surface area contributed by atoms with Crippen LogP contribution in [0.3, 0.4) is 0 Å². The van der Waals surface area contributed by atoms with Gasteiger partial charge in [0.1, 0.15) is 11.2 Å². The Hall–Kier alpha value is -3.17. The Labute approximate surface area is 210 Å². The molecule has 35 heavy (non-hydrogen) atoms. The zero-order valence-corrected chi connectivity index (χ0v) is 22.1. The molecule has 0 aliphatic carbocycles. The summed E-state index contributed by atoms with van der Waals surface area (Å²) in [5.41, 5.74) is 6.81. The van der Waals surface area contributed by atoms with Crippen LogP contribution in [0.1, 0.15) is 50.6 Å². The van der Waals surface area contributed by atoms with Gasteiger partial charge in [-0.3, -0.25) is 4.98 Å². The van der Waals surface area contributed by atoms with Crippen molar-refractivity contribution in [3.05, 3.63) is 76.8 Å². The molecule has 3 aromatic carbocycles. The molecule has 6 rings (SSSR count). The monoisotopic (exact) mass is 477 g/mol. The molecule has 0 spiro atoms. The summed E-state index contributed by atoms with van der Waals surface area (Å²) in [6.07, 6.45) is 2.97. The third-order valence-electron chi connectivity index (χ3n) is 7.05. The van der Waals surface area contributed by atoms with Gasteiger partial charge in [-0.2, -0.15) is 0 Å². The van der Waals surface area contributed by atoms with E-state index in [-0.39, 0.29) is 5.41 Å². The van der Waals surface area contributed by atoms with Crippen molar-refractivity contribution in [1.82, 2.24) is 4.98 Å². The van der Waals surface area contributed by atoms with Crippen molar-refractivity contribution in [3.8, 4) is 11.3 Å². The molecular formula is C32H31NOS. The third kappa shape index (κ3) is 3.65. The normalized spacial score (nSPS) is 12.7. The highest BCUT2D eigenvalue weighted by Gasteiger charge is 2.21. The number of hydrogen-bond donors (Lipinski definition) is 0. The lowest BCUT2D eigenvalue weighted by Gasteiger charge is -2.22. The average molecular weight is 478 g/mol. The molecule has 0 amide bonds. The number of pyridine rings is 1. The van der Waals surface area contributed by atoms with Crippen LogP contribution < -0.4 is 0 Å². The SMILES string of the molecule is Cc1sc2cc3oc4ccnc(-c5cc(C(C)(C)C)c6ccccc6c5)c4c3cc2c1CC(C)C. The molecule has 0 saturated heterocycles. The van der Waals surface area contributed by atoms with Crippen LogP contribution in [0.2, 0.25) is 0 Å². The van der Waals surface area contributed by atoms with Crippen LogP contribution in [0.5, 0.6) is 0 Å². The molecule has 6 aromatic rings. The van der Waals surface area contributed by atoms with E-state index in [1.54, 1.807) is 0 Å². The van der Waals surface area contributed by atoms with Gasteiger partial charge in [0.2, 0.25) is 0 Å². The summed E-state index contributed by atoms with van der Waals surface area (Å²) in [6.45, 7) is 13.7. The van der Waals surface area contributed by atoms with Crippen molar-refractivity contribution in [2.75, 3.05) is 0 Å². The van der Waals surface area contributed by atoms with E-state index < -0.39 is 0 Å². The minimum Gasteiger partial charge on any atom is -0.456 e. The maximum Gasteiger partial charge on any atom is 0.139 e. The zero-order chi connectivity index (χ0) is 24.5. The van der Waals surface area contributed by atoms with Gasteiger partial charge in [-0.25, -0.2) is 0 Å². The maximum atomic E-state index is 6.40. The second kappa shape index (κ2) is 7.93. The molecule has 0 fully saturated rings. The predicted molar refractivity (Wildman–Crippen MR) is 152 cm³/mol. The standard InChI is InChI=1S/C32H31NOS/c1-18(2)13-23-19(3)35-29-17-28-25(16-24(23)29)30-27(34-28)11-12-33-31(30)21-14-20-9-7-8-10-22(20)26(15-21)32(4,5)6/h7-12,14-18H,13H2,1-6H3. The van der Waals surface area contributed by atoms with Gasteiger partial charge in [0.25, 0.3) is 0 Å². The summed E-state index contributed by atoms with van der Waals surface area (Å²) in [4.78, 5) is 6.34. The van der Waals surface area contributed by atoms with Crippen LogP contribution in [0.15, 0.2) is 65.2 Å². The van der Waals surface area contributed by atoms with Gasteiger partial charge in [0.05, 0.1) is 11.1 Å². The average Bonchev–Trinajstić information content (AvgIpc) is 3.32. The fourth-order valence-corrected chi connectivity index (χ4v) is 6.54. The summed E-state index contributed by atoms with van der Waals surface area (Å²) >= 11 is 1.88. The Morgan fingerprint density at radius 2 is 1.71 bits per heavy atom. The first-order valence-corrected chi connectivity index (χ1v) is 13.3. The van der Waals surface area contributed by atoms with E-state index in [9.17, 15) is 0 Å². The maximum absolute atomic E-state index is 6.40. The molecular weight excluding hydrogens is 446 g/mol. The van der Waals surface area contributed by atoms with Crippen molar-refractivity contribution in [3.63, 3.8) is 0 Å². The Morgan fingerprint density at radius 1 is 0.914 bits per heavy atom. The largest absolute Gasteiger partial charge is 0.456 e. The second-order valence-corrected chi connectivity index (χ2v) is 12.5. The molecule has 0 bridgehead atoms. The first kappa shape index (κ1) is 22.3. The summed E-state index contributed by atoms with van der Waals surface area (Å²) in [5.74, 6) is 0.619. The van der Waals surface area contributed by atoms with Gasteiger partial charge in [0, 0.05) is 26.7 Å². The smallest absolute Gasteiger partial charge is 0.139 e. The molecule has 0 radical (unpaired) electrons. The van der Waals surface area contributed by atoms with Crippen molar-refractivity contribution < 1.29 is 4.42 Å². The van der Waals surface area contributed by atoms with Crippen LogP contribution in [-0.4, -0.2) is 4.98 Å². The van der Waals surface area contributed by atoms with E-state index >= 15 is 0 Å². The minimum atomic E-state index is 0.0219. The number of rotatable bonds is 3. The van der Waals surface area contributed by atoms with Gasteiger partial charge in [-0.05, 0) is 82.3 Å². The van der Waals surface area contributed by atoms with Crippen molar-refractivity contribution in [2.24, 2.45) is 5.92 Å². The quantitative estimate of drug-likeness (QED) is 0.253. The number of fused-ring (bicyclic) bond motifs is 5. The molecule has 0 saturated carbocycles. The molecule has 3 heterocycles. The summed E-state index contributed by atoms with van der Waals surface area (Å²) in [7, 11) is 0. The molecule has 0 atom stereocenters. The number of furan rings is 1. The number of aryl methyl sites for hydroxylation is 1. The number of hydrogen-bond acceptors (Lipinski definition) is 3. The first-order chi connectivity index (χ1) is 16.7. The number of thiophene rings is 1. The second-order valence-electron chi connectivity index (χ2n) is 11.2. The molecule has 0 unspecified atom stereocenters. The van der Waals surface area contributed by atoms with Crippen LogP contribution >= 0.6 is 11.3 Å². The van der Waals surface area contributed by atoms with Gasteiger partial charge in [-0.1, -0.05) is 58.9 Å². The molecule has 3 aromatic heterocycles. The van der Waals surface area contributed by atoms with E-state index in [0.717, 1.165) is 39.6 Å². The van der Waals surface area contributed by atoms with Gasteiger partial charge in [0.15, 0.2) is 0 Å². The number of benzene rings is 3. The van der Waals surface area contributed by atoms with E-state index in [1.165, 1.54) is 36.9 Å². The van der Waals surface area contributed by atoms with Gasteiger partial charge in [-0.15, -0.1) is 11.3 Å². The highest BCUT2D eigenvalue weighted by Crippen LogP contribution is 2.42. The number of nitrogens with zero attached hydrogens (tertiary/aromatic N) is 1. The summed E-state index contributed by atoms with van der Waals surface area (Å²) in [5, 5.41) is 6.18. The predicted octanol–water partition coefficient (Wildman–Crippen LogP) is 9.82. The highest BCUT2D eigenvalue weighted by molar-refractivity contribution is 7.19. The molecule has 0 aliphatic rings. The highest BCUT2D eigenvalue weighted by atomic mass is 32.1. The van der Waals surface area contributed by atoms with Crippen LogP contribution in [0, 0.1) is 12.8 Å². The fraction of sp³-hybridized carbons (Fsp3) is 0.281. The van der Waals surface area contributed by atoms with Crippen molar-refractivity contribution >= 4 is 54.1 Å². The van der Waals surface area contributed by atoms with Crippen LogP contribution in [0.25, 0.3) is 54.1 Å². The first-order valence-electron chi connectivity index (χ1n) is 12.5. The Bertz CT molecular complexity index is 1740. The van der Waals surface area contributed by atoms with Gasteiger partial charge >= 0.3 is 0 Å². The van der Waals surface area contributed by atoms with Crippen molar-refractivity contribution in [2.45, 2.75) is 53.4 Å². The lowest BCUT2D eigenvalue weighted by Crippen LogP contribution is -2.12. The number of aromatic nitrogens is 1. The van der Waals surface area contributed by atoms with E-state index in [1.807, 2.05) is 23.6 Å². The zero-order valence-electron chi connectivity index (χ0n) is 21.3. The van der Waals surface area contributed by atoms with E-state index in [4.69, 9.17) is 9.40 Å². The molecule has 0 N–H and O–H groups in total. The topological polar surface area (TPSA) is 26.0 Å². The van der Waals surface area contributed by atoms with E-state index in [2.05, 4.69) is 90.1 Å². The molecule has 0 aliphatic heterocycles.